The first kappa shape index (κ1) is 12.1. The van der Waals surface area contributed by atoms with Crippen molar-refractivity contribution in [2.45, 2.75) is 19.4 Å². The molecule has 1 N–H and O–H groups in total. The van der Waals surface area contributed by atoms with Crippen LogP contribution in [0.2, 0.25) is 0 Å². The molecule has 1 aromatic carbocycles. The second kappa shape index (κ2) is 5.19. The third-order valence-electron chi connectivity index (χ3n) is 2.48. The van der Waals surface area contributed by atoms with E-state index in [9.17, 15) is 0 Å². The summed E-state index contributed by atoms with van der Waals surface area (Å²) in [4.78, 5) is 0. The molecular formula is C12H16ClNO. The van der Waals surface area contributed by atoms with E-state index in [0.29, 0.717) is 6.04 Å². The minimum Gasteiger partial charge on any atom is -0.461 e. The van der Waals surface area contributed by atoms with Crippen molar-refractivity contribution in [2.24, 2.45) is 0 Å². The number of rotatable bonds is 3. The Hall–Kier alpha value is -0.990. The highest BCUT2D eigenvalue weighted by atomic mass is 35.5. The molecule has 1 unspecified atom stereocenters. The van der Waals surface area contributed by atoms with E-state index in [1.165, 1.54) is 5.39 Å². The van der Waals surface area contributed by atoms with Crippen LogP contribution in [0.1, 0.15) is 12.7 Å². The molecule has 3 heteroatoms. The Balaban J connectivity index is 0.00000112. The average molecular weight is 226 g/mol. The number of likely N-dealkylation sites (N-methyl/N-ethyl adjacent to an activating group) is 1. The highest BCUT2D eigenvalue weighted by Crippen LogP contribution is 2.19. The summed E-state index contributed by atoms with van der Waals surface area (Å²) in [6.45, 7) is 2.15. The molecule has 0 amide bonds. The van der Waals surface area contributed by atoms with Crippen molar-refractivity contribution in [3.63, 3.8) is 0 Å². The van der Waals surface area contributed by atoms with E-state index in [-0.39, 0.29) is 12.4 Å². The number of para-hydroxylation sites is 1. The molecule has 82 valence electrons. The molecule has 2 aromatic rings. The summed E-state index contributed by atoms with van der Waals surface area (Å²) < 4.78 is 5.70. The van der Waals surface area contributed by atoms with Crippen molar-refractivity contribution in [3.8, 4) is 0 Å². The molecule has 15 heavy (non-hydrogen) atoms. The Bertz CT molecular complexity index is 391. The van der Waals surface area contributed by atoms with Crippen LogP contribution in [0.15, 0.2) is 34.7 Å². The number of benzene rings is 1. The molecule has 0 spiro atoms. The molecule has 0 aliphatic rings. The van der Waals surface area contributed by atoms with Crippen molar-refractivity contribution in [1.29, 1.82) is 0 Å². The van der Waals surface area contributed by atoms with Crippen LogP contribution in [0.3, 0.4) is 0 Å². The summed E-state index contributed by atoms with van der Waals surface area (Å²) in [6, 6.07) is 10.7. The van der Waals surface area contributed by atoms with E-state index in [1.807, 2.05) is 25.2 Å². The number of furan rings is 1. The molecule has 1 heterocycles. The van der Waals surface area contributed by atoms with E-state index in [0.717, 1.165) is 17.8 Å². The second-order valence-electron chi connectivity index (χ2n) is 3.64. The maximum absolute atomic E-state index is 5.70. The number of halogens is 1. The van der Waals surface area contributed by atoms with Gasteiger partial charge in [0.2, 0.25) is 0 Å². The number of hydrogen-bond acceptors (Lipinski definition) is 2. The molecule has 0 radical (unpaired) electrons. The lowest BCUT2D eigenvalue weighted by molar-refractivity contribution is 0.497. The Morgan fingerprint density at radius 2 is 2.07 bits per heavy atom. The van der Waals surface area contributed by atoms with Crippen LogP contribution in [0.4, 0.5) is 0 Å². The SMILES string of the molecule is CNC(C)Cc1cc2ccccc2o1.Cl. The van der Waals surface area contributed by atoms with Crippen LogP contribution in [0, 0.1) is 0 Å². The minimum atomic E-state index is 0. The zero-order valence-electron chi connectivity index (χ0n) is 8.99. The first-order valence-corrected chi connectivity index (χ1v) is 4.94. The number of hydrogen-bond donors (Lipinski definition) is 1. The molecule has 0 saturated heterocycles. The lowest BCUT2D eigenvalue weighted by Gasteiger charge is -2.06. The van der Waals surface area contributed by atoms with Crippen molar-refractivity contribution < 1.29 is 4.42 Å². The lowest BCUT2D eigenvalue weighted by Crippen LogP contribution is -2.23. The molecule has 0 aliphatic heterocycles. The standard InChI is InChI=1S/C12H15NO.ClH/c1-9(13-2)7-11-8-10-5-3-4-6-12(10)14-11;/h3-6,8-9,13H,7H2,1-2H3;1H. The van der Waals surface area contributed by atoms with E-state index in [2.05, 4.69) is 24.4 Å². The van der Waals surface area contributed by atoms with Crippen molar-refractivity contribution in [2.75, 3.05) is 7.05 Å². The van der Waals surface area contributed by atoms with Gasteiger partial charge in [-0.15, -0.1) is 12.4 Å². The van der Waals surface area contributed by atoms with Crippen LogP contribution in [0.25, 0.3) is 11.0 Å². The van der Waals surface area contributed by atoms with Crippen LogP contribution in [-0.2, 0) is 6.42 Å². The minimum absolute atomic E-state index is 0. The lowest BCUT2D eigenvalue weighted by atomic mass is 10.2. The predicted molar refractivity (Wildman–Crippen MR) is 65.7 cm³/mol. The molecule has 1 atom stereocenters. The van der Waals surface area contributed by atoms with Gasteiger partial charge in [0, 0.05) is 17.8 Å². The van der Waals surface area contributed by atoms with Gasteiger partial charge < -0.3 is 9.73 Å². The topological polar surface area (TPSA) is 25.2 Å². The van der Waals surface area contributed by atoms with E-state index in [4.69, 9.17) is 4.42 Å². The van der Waals surface area contributed by atoms with Gasteiger partial charge in [0.1, 0.15) is 11.3 Å². The van der Waals surface area contributed by atoms with Gasteiger partial charge in [0.05, 0.1) is 0 Å². The maximum atomic E-state index is 5.70. The van der Waals surface area contributed by atoms with Crippen molar-refractivity contribution in [1.82, 2.24) is 5.32 Å². The third-order valence-corrected chi connectivity index (χ3v) is 2.48. The maximum Gasteiger partial charge on any atom is 0.134 e. The van der Waals surface area contributed by atoms with Gasteiger partial charge in [-0.2, -0.15) is 0 Å². The Kier molecular flexibility index (Phi) is 4.18. The fraction of sp³-hybridized carbons (Fsp3) is 0.333. The fourth-order valence-corrected chi connectivity index (χ4v) is 1.54. The smallest absolute Gasteiger partial charge is 0.134 e. The van der Waals surface area contributed by atoms with E-state index in [1.54, 1.807) is 0 Å². The van der Waals surface area contributed by atoms with Gasteiger partial charge in [-0.3, -0.25) is 0 Å². The van der Waals surface area contributed by atoms with E-state index < -0.39 is 0 Å². The summed E-state index contributed by atoms with van der Waals surface area (Å²) >= 11 is 0. The van der Waals surface area contributed by atoms with Crippen LogP contribution >= 0.6 is 12.4 Å². The van der Waals surface area contributed by atoms with Crippen LogP contribution < -0.4 is 5.32 Å². The van der Waals surface area contributed by atoms with Crippen molar-refractivity contribution in [3.05, 3.63) is 36.1 Å². The Morgan fingerprint density at radius 3 is 2.73 bits per heavy atom. The molecular weight excluding hydrogens is 210 g/mol. The zero-order valence-corrected chi connectivity index (χ0v) is 9.80. The third kappa shape index (κ3) is 2.74. The monoisotopic (exact) mass is 225 g/mol. The van der Waals surface area contributed by atoms with Gasteiger partial charge in [0.15, 0.2) is 0 Å². The highest BCUT2D eigenvalue weighted by Gasteiger charge is 2.06. The Labute approximate surface area is 96.1 Å². The molecule has 0 aliphatic carbocycles. The fourth-order valence-electron chi connectivity index (χ4n) is 1.54. The van der Waals surface area contributed by atoms with Crippen LogP contribution in [-0.4, -0.2) is 13.1 Å². The highest BCUT2D eigenvalue weighted by molar-refractivity contribution is 5.85. The average Bonchev–Trinajstić information content (AvgIpc) is 2.59. The summed E-state index contributed by atoms with van der Waals surface area (Å²) in [5.74, 6) is 1.05. The van der Waals surface area contributed by atoms with Crippen molar-refractivity contribution >= 4 is 23.4 Å². The molecule has 2 rings (SSSR count). The van der Waals surface area contributed by atoms with Gasteiger partial charge in [0.25, 0.3) is 0 Å². The predicted octanol–water partition coefficient (Wildman–Crippen LogP) is 3.01. The number of fused-ring (bicyclic) bond motifs is 1. The van der Waals surface area contributed by atoms with E-state index >= 15 is 0 Å². The summed E-state index contributed by atoms with van der Waals surface area (Å²) in [5.41, 5.74) is 0.978. The molecule has 0 fully saturated rings. The molecule has 2 nitrogen and oxygen atoms in total. The summed E-state index contributed by atoms with van der Waals surface area (Å²) in [7, 11) is 1.97. The molecule has 0 bridgehead atoms. The molecule has 0 saturated carbocycles. The zero-order chi connectivity index (χ0) is 9.97. The first-order valence-electron chi connectivity index (χ1n) is 4.94. The summed E-state index contributed by atoms with van der Waals surface area (Å²) in [6.07, 6.45) is 0.936. The van der Waals surface area contributed by atoms with Gasteiger partial charge in [-0.05, 0) is 26.1 Å². The first-order chi connectivity index (χ1) is 6.79. The van der Waals surface area contributed by atoms with Gasteiger partial charge in [-0.1, -0.05) is 18.2 Å². The van der Waals surface area contributed by atoms with Gasteiger partial charge >= 0.3 is 0 Å². The second-order valence-corrected chi connectivity index (χ2v) is 3.64. The Morgan fingerprint density at radius 1 is 1.33 bits per heavy atom. The quantitative estimate of drug-likeness (QED) is 0.869. The summed E-state index contributed by atoms with van der Waals surface area (Å²) in [5, 5.41) is 4.38. The number of nitrogens with one attached hydrogen (secondary N) is 1. The molecule has 1 aromatic heterocycles. The van der Waals surface area contributed by atoms with Gasteiger partial charge in [-0.25, -0.2) is 0 Å². The largest absolute Gasteiger partial charge is 0.461 e. The van der Waals surface area contributed by atoms with Crippen LogP contribution in [0.5, 0.6) is 0 Å². The normalized spacial score (nSPS) is 12.4.